The summed E-state index contributed by atoms with van der Waals surface area (Å²) >= 11 is 0. The van der Waals surface area contributed by atoms with Gasteiger partial charge in [0, 0.05) is 19.3 Å². The van der Waals surface area contributed by atoms with Gasteiger partial charge in [0.2, 0.25) is 0 Å². The molecule has 0 aromatic carbocycles. The Morgan fingerprint density at radius 1 is 0.288 bits per heavy atom. The maximum Gasteiger partial charge on any atom is 0.306 e. The molecule has 0 amide bonds. The molecule has 1 atom stereocenters. The first-order chi connectivity index (χ1) is 32.5. The Hall–Kier alpha value is -2.11. The lowest BCUT2D eigenvalue weighted by Gasteiger charge is -2.18. The Morgan fingerprint density at radius 3 is 0.773 bits per heavy atom. The molecular weight excluding hydrogens is 817 g/mol. The van der Waals surface area contributed by atoms with Crippen molar-refractivity contribution in [2.75, 3.05) is 13.2 Å². The average molecular weight is 930 g/mol. The standard InChI is InChI=1S/C60H112O6/c1-4-7-10-13-16-19-22-25-27-29-30-31-33-35-38-41-44-47-50-53-59(62)65-56-57(55-64-58(61)52-49-46-43-40-37-34-24-21-18-15-12-9-6-3)66-60(63)54-51-48-45-42-39-36-32-28-26-23-20-17-14-11-8-5-2/h21,24-25,27,57H,4-20,22-23,26,28-56H2,1-3H3/b24-21-,27-25-/t57-/m1/s1. The van der Waals surface area contributed by atoms with Crippen molar-refractivity contribution in [1.82, 2.24) is 0 Å². The molecule has 6 nitrogen and oxygen atoms in total. The van der Waals surface area contributed by atoms with Crippen LogP contribution in [0.15, 0.2) is 24.3 Å². The number of carbonyl (C=O) groups is 3. The van der Waals surface area contributed by atoms with E-state index >= 15 is 0 Å². The van der Waals surface area contributed by atoms with E-state index in [0.29, 0.717) is 19.3 Å². The van der Waals surface area contributed by atoms with Crippen LogP contribution in [0.2, 0.25) is 0 Å². The average Bonchev–Trinajstić information content (AvgIpc) is 3.31. The summed E-state index contributed by atoms with van der Waals surface area (Å²) < 4.78 is 16.9. The van der Waals surface area contributed by atoms with E-state index in [-0.39, 0.29) is 31.1 Å². The molecule has 0 N–H and O–H groups in total. The lowest BCUT2D eigenvalue weighted by Crippen LogP contribution is -2.30. The smallest absolute Gasteiger partial charge is 0.306 e. The molecule has 0 aliphatic heterocycles. The number of rotatable bonds is 54. The maximum absolute atomic E-state index is 12.8. The summed E-state index contributed by atoms with van der Waals surface area (Å²) in [6.45, 7) is 6.66. The maximum atomic E-state index is 12.8. The zero-order valence-corrected chi connectivity index (χ0v) is 44.5. The van der Waals surface area contributed by atoms with E-state index in [0.717, 1.165) is 64.2 Å². The highest BCUT2D eigenvalue weighted by Gasteiger charge is 2.19. The van der Waals surface area contributed by atoms with Gasteiger partial charge in [-0.15, -0.1) is 0 Å². The Balaban J connectivity index is 4.31. The van der Waals surface area contributed by atoms with Crippen LogP contribution in [0.5, 0.6) is 0 Å². The van der Waals surface area contributed by atoms with Gasteiger partial charge in [-0.1, -0.05) is 257 Å². The van der Waals surface area contributed by atoms with Gasteiger partial charge in [0.05, 0.1) is 0 Å². The third-order valence-corrected chi connectivity index (χ3v) is 13.2. The second-order valence-electron chi connectivity index (χ2n) is 19.9. The molecule has 0 radical (unpaired) electrons. The van der Waals surface area contributed by atoms with Gasteiger partial charge in [-0.2, -0.15) is 0 Å². The molecule has 0 aromatic heterocycles. The van der Waals surface area contributed by atoms with Gasteiger partial charge in [0.1, 0.15) is 13.2 Å². The molecule has 0 aliphatic carbocycles. The zero-order valence-electron chi connectivity index (χ0n) is 44.5. The van der Waals surface area contributed by atoms with Crippen molar-refractivity contribution in [1.29, 1.82) is 0 Å². The number of hydrogen-bond donors (Lipinski definition) is 0. The number of unbranched alkanes of at least 4 members (excludes halogenated alkanes) is 39. The van der Waals surface area contributed by atoms with Crippen LogP contribution < -0.4 is 0 Å². The molecule has 0 aliphatic rings. The first-order valence-electron chi connectivity index (χ1n) is 29.3. The zero-order chi connectivity index (χ0) is 47.9. The summed E-state index contributed by atoms with van der Waals surface area (Å²) in [6, 6.07) is 0. The van der Waals surface area contributed by atoms with Crippen molar-refractivity contribution in [3.8, 4) is 0 Å². The molecule has 0 saturated carbocycles. The van der Waals surface area contributed by atoms with Gasteiger partial charge >= 0.3 is 17.9 Å². The topological polar surface area (TPSA) is 78.9 Å². The summed E-state index contributed by atoms with van der Waals surface area (Å²) in [5, 5.41) is 0. The highest BCUT2D eigenvalue weighted by molar-refractivity contribution is 5.71. The molecule has 0 saturated heterocycles. The van der Waals surface area contributed by atoms with E-state index in [9.17, 15) is 14.4 Å². The van der Waals surface area contributed by atoms with Gasteiger partial charge in [0.15, 0.2) is 6.10 Å². The van der Waals surface area contributed by atoms with E-state index in [1.54, 1.807) is 0 Å². The molecule has 6 heteroatoms. The highest BCUT2D eigenvalue weighted by Crippen LogP contribution is 2.17. The summed E-state index contributed by atoms with van der Waals surface area (Å²) in [5.41, 5.74) is 0. The lowest BCUT2D eigenvalue weighted by molar-refractivity contribution is -0.167. The molecule has 66 heavy (non-hydrogen) atoms. The fourth-order valence-corrected chi connectivity index (χ4v) is 8.73. The van der Waals surface area contributed by atoms with Crippen molar-refractivity contribution < 1.29 is 28.6 Å². The third-order valence-electron chi connectivity index (χ3n) is 13.2. The summed E-state index contributed by atoms with van der Waals surface area (Å²) in [6.07, 6.45) is 64.5. The van der Waals surface area contributed by atoms with Crippen LogP contribution in [0.3, 0.4) is 0 Å². The van der Waals surface area contributed by atoms with E-state index in [2.05, 4.69) is 45.1 Å². The summed E-state index contributed by atoms with van der Waals surface area (Å²) in [4.78, 5) is 38.1. The van der Waals surface area contributed by atoms with E-state index in [1.165, 1.54) is 218 Å². The number of hydrogen-bond acceptors (Lipinski definition) is 6. The third kappa shape index (κ3) is 52.9. The van der Waals surface area contributed by atoms with Gasteiger partial charge in [-0.3, -0.25) is 14.4 Å². The van der Waals surface area contributed by atoms with Gasteiger partial charge in [0.25, 0.3) is 0 Å². The molecule has 0 bridgehead atoms. The minimum atomic E-state index is -0.771. The second-order valence-corrected chi connectivity index (χ2v) is 19.9. The van der Waals surface area contributed by atoms with E-state index in [4.69, 9.17) is 14.2 Å². The molecule has 0 rings (SSSR count). The van der Waals surface area contributed by atoms with Gasteiger partial charge in [-0.05, 0) is 70.6 Å². The quantitative estimate of drug-likeness (QED) is 0.0262. The number of esters is 3. The first kappa shape index (κ1) is 63.9. The molecule has 0 spiro atoms. The predicted octanol–water partition coefficient (Wildman–Crippen LogP) is 19.5. The molecular formula is C60H112O6. The summed E-state index contributed by atoms with van der Waals surface area (Å²) in [7, 11) is 0. The predicted molar refractivity (Wildman–Crippen MR) is 284 cm³/mol. The largest absolute Gasteiger partial charge is 0.462 e. The number of allylic oxidation sites excluding steroid dienone is 4. The highest BCUT2D eigenvalue weighted by atomic mass is 16.6. The van der Waals surface area contributed by atoms with Crippen LogP contribution in [-0.2, 0) is 28.6 Å². The minimum Gasteiger partial charge on any atom is -0.462 e. The molecule has 388 valence electrons. The van der Waals surface area contributed by atoms with Crippen molar-refractivity contribution >= 4 is 17.9 Å². The summed E-state index contributed by atoms with van der Waals surface area (Å²) in [5.74, 6) is -0.861. The Kier molecular flexibility index (Phi) is 53.7. The van der Waals surface area contributed by atoms with E-state index in [1.807, 2.05) is 0 Å². The fraction of sp³-hybridized carbons (Fsp3) is 0.883. The Bertz CT molecular complexity index is 1070. The number of ether oxygens (including phenoxy) is 3. The molecule has 0 unspecified atom stereocenters. The van der Waals surface area contributed by atoms with Crippen molar-refractivity contribution in [3.63, 3.8) is 0 Å². The minimum absolute atomic E-state index is 0.0705. The van der Waals surface area contributed by atoms with Crippen LogP contribution in [-0.4, -0.2) is 37.2 Å². The first-order valence-corrected chi connectivity index (χ1v) is 29.3. The van der Waals surface area contributed by atoms with Gasteiger partial charge < -0.3 is 14.2 Å². The van der Waals surface area contributed by atoms with Crippen LogP contribution >= 0.6 is 0 Å². The van der Waals surface area contributed by atoms with Gasteiger partial charge in [-0.25, -0.2) is 0 Å². The lowest BCUT2D eigenvalue weighted by atomic mass is 10.0. The Labute approximate surface area is 411 Å². The Morgan fingerprint density at radius 2 is 0.500 bits per heavy atom. The van der Waals surface area contributed by atoms with Crippen LogP contribution in [0.25, 0.3) is 0 Å². The number of carbonyl (C=O) groups excluding carboxylic acids is 3. The van der Waals surface area contributed by atoms with Crippen LogP contribution in [0, 0.1) is 0 Å². The molecule has 0 heterocycles. The van der Waals surface area contributed by atoms with Crippen LogP contribution in [0.4, 0.5) is 0 Å². The van der Waals surface area contributed by atoms with Crippen molar-refractivity contribution in [3.05, 3.63) is 24.3 Å². The van der Waals surface area contributed by atoms with Crippen LogP contribution in [0.1, 0.15) is 323 Å². The normalized spacial score (nSPS) is 12.1. The van der Waals surface area contributed by atoms with Crippen molar-refractivity contribution in [2.45, 2.75) is 329 Å². The monoisotopic (exact) mass is 929 g/mol. The van der Waals surface area contributed by atoms with Crippen molar-refractivity contribution in [2.24, 2.45) is 0 Å². The SMILES string of the molecule is CCCCCC/C=C\CCCCCCCC(=O)OC[C@H](COC(=O)CCCCCCCCCCC/C=C\CCCCCCCC)OC(=O)CCCCCCCCCCCCCCCCCC. The molecule has 0 fully saturated rings. The fourth-order valence-electron chi connectivity index (χ4n) is 8.73. The van der Waals surface area contributed by atoms with E-state index < -0.39 is 6.10 Å². The second kappa shape index (κ2) is 55.5. The molecule has 0 aromatic rings.